The summed E-state index contributed by atoms with van der Waals surface area (Å²) in [5.41, 5.74) is 12.9. The molecule has 0 atom stereocenters. The summed E-state index contributed by atoms with van der Waals surface area (Å²) in [7, 11) is 0. The monoisotopic (exact) mass is 332 g/mol. The summed E-state index contributed by atoms with van der Waals surface area (Å²) in [5, 5.41) is 3.33. The Morgan fingerprint density at radius 2 is 1.72 bits per heavy atom. The van der Waals surface area contributed by atoms with E-state index in [-0.39, 0.29) is 5.95 Å². The standard InChI is InChI=1S/C21H24N4/c1-4-16-6-5-7-17(11-16)12-19-13-20(25-21(22)24-19)23-18-9-8-14(2)15(3)10-18/h5-11,13H,4,12H2,1-3H3,(H3,22,23,24,25). The molecular formula is C21H24N4. The summed E-state index contributed by atoms with van der Waals surface area (Å²) < 4.78 is 0. The van der Waals surface area contributed by atoms with Gasteiger partial charge in [-0.1, -0.05) is 37.3 Å². The first kappa shape index (κ1) is 17.0. The van der Waals surface area contributed by atoms with Crippen molar-refractivity contribution in [3.63, 3.8) is 0 Å². The lowest BCUT2D eigenvalue weighted by atomic mass is 10.0. The van der Waals surface area contributed by atoms with Gasteiger partial charge < -0.3 is 11.1 Å². The topological polar surface area (TPSA) is 63.8 Å². The minimum Gasteiger partial charge on any atom is -0.368 e. The number of benzene rings is 2. The maximum Gasteiger partial charge on any atom is 0.222 e. The van der Waals surface area contributed by atoms with Crippen LogP contribution in [0.4, 0.5) is 17.5 Å². The van der Waals surface area contributed by atoms with Gasteiger partial charge in [0, 0.05) is 18.2 Å². The van der Waals surface area contributed by atoms with Gasteiger partial charge in [-0.2, -0.15) is 4.98 Å². The maximum absolute atomic E-state index is 5.91. The summed E-state index contributed by atoms with van der Waals surface area (Å²) >= 11 is 0. The minimum absolute atomic E-state index is 0.287. The summed E-state index contributed by atoms with van der Waals surface area (Å²) in [6.07, 6.45) is 1.77. The van der Waals surface area contributed by atoms with Gasteiger partial charge in [-0.3, -0.25) is 0 Å². The van der Waals surface area contributed by atoms with Crippen molar-refractivity contribution in [2.45, 2.75) is 33.6 Å². The molecule has 0 saturated heterocycles. The van der Waals surface area contributed by atoms with Crippen LogP contribution in [-0.4, -0.2) is 9.97 Å². The molecule has 0 unspecified atom stereocenters. The largest absolute Gasteiger partial charge is 0.368 e. The molecule has 4 nitrogen and oxygen atoms in total. The predicted octanol–water partition coefficient (Wildman–Crippen LogP) is 4.57. The number of aromatic nitrogens is 2. The molecule has 3 rings (SSSR count). The van der Waals surface area contributed by atoms with Gasteiger partial charge in [0.1, 0.15) is 5.82 Å². The van der Waals surface area contributed by atoms with Crippen LogP contribution in [0, 0.1) is 13.8 Å². The predicted molar refractivity (Wildman–Crippen MR) is 104 cm³/mol. The molecule has 1 heterocycles. The number of nitrogens with two attached hydrogens (primary N) is 1. The van der Waals surface area contributed by atoms with E-state index in [1.165, 1.54) is 22.3 Å². The van der Waals surface area contributed by atoms with Crippen LogP contribution in [0.25, 0.3) is 0 Å². The van der Waals surface area contributed by atoms with Crippen LogP contribution in [0.1, 0.15) is 34.9 Å². The Balaban J connectivity index is 1.83. The fourth-order valence-corrected chi connectivity index (χ4v) is 2.81. The highest BCUT2D eigenvalue weighted by Gasteiger charge is 2.06. The molecule has 0 aliphatic carbocycles. The Morgan fingerprint density at radius 1 is 0.920 bits per heavy atom. The van der Waals surface area contributed by atoms with Crippen LogP contribution in [-0.2, 0) is 12.8 Å². The van der Waals surface area contributed by atoms with E-state index in [0.717, 1.165) is 30.0 Å². The van der Waals surface area contributed by atoms with Crippen molar-refractivity contribution in [3.8, 4) is 0 Å². The van der Waals surface area contributed by atoms with Gasteiger partial charge in [0.15, 0.2) is 0 Å². The van der Waals surface area contributed by atoms with E-state index in [1.54, 1.807) is 0 Å². The number of aryl methyl sites for hydroxylation is 3. The normalized spacial score (nSPS) is 10.7. The van der Waals surface area contributed by atoms with Gasteiger partial charge in [-0.15, -0.1) is 0 Å². The summed E-state index contributed by atoms with van der Waals surface area (Å²) in [5.74, 6) is 1.01. The van der Waals surface area contributed by atoms with Crippen molar-refractivity contribution < 1.29 is 0 Å². The third-order valence-electron chi connectivity index (χ3n) is 4.36. The molecule has 4 heteroatoms. The van der Waals surface area contributed by atoms with Gasteiger partial charge >= 0.3 is 0 Å². The van der Waals surface area contributed by atoms with Crippen LogP contribution >= 0.6 is 0 Å². The van der Waals surface area contributed by atoms with E-state index in [1.807, 2.05) is 12.1 Å². The van der Waals surface area contributed by atoms with Crippen molar-refractivity contribution in [3.05, 3.63) is 76.5 Å². The second-order valence-electron chi connectivity index (χ2n) is 6.38. The molecule has 0 aliphatic rings. The number of rotatable bonds is 5. The number of anilines is 3. The van der Waals surface area contributed by atoms with Crippen molar-refractivity contribution in [2.24, 2.45) is 0 Å². The lowest BCUT2D eigenvalue weighted by Crippen LogP contribution is -2.04. The van der Waals surface area contributed by atoms with E-state index in [0.29, 0.717) is 0 Å². The van der Waals surface area contributed by atoms with Gasteiger partial charge in [0.2, 0.25) is 5.95 Å². The summed E-state index contributed by atoms with van der Waals surface area (Å²) in [6, 6.07) is 16.8. The smallest absolute Gasteiger partial charge is 0.222 e. The first-order valence-corrected chi connectivity index (χ1v) is 8.59. The fraction of sp³-hybridized carbons (Fsp3) is 0.238. The quantitative estimate of drug-likeness (QED) is 0.718. The zero-order valence-electron chi connectivity index (χ0n) is 15.0. The Kier molecular flexibility index (Phi) is 4.98. The van der Waals surface area contributed by atoms with Gasteiger partial charge in [-0.25, -0.2) is 4.98 Å². The van der Waals surface area contributed by atoms with Crippen LogP contribution in [0.2, 0.25) is 0 Å². The molecule has 1 aromatic heterocycles. The molecule has 0 bridgehead atoms. The van der Waals surface area contributed by atoms with Gasteiger partial charge in [-0.05, 0) is 54.7 Å². The third-order valence-corrected chi connectivity index (χ3v) is 4.36. The SMILES string of the molecule is CCc1cccc(Cc2cc(Nc3ccc(C)c(C)c3)nc(N)n2)c1. The highest BCUT2D eigenvalue weighted by Crippen LogP contribution is 2.20. The average Bonchev–Trinajstić information content (AvgIpc) is 2.58. The van der Waals surface area contributed by atoms with Crippen LogP contribution in [0.3, 0.4) is 0 Å². The number of nitrogens with zero attached hydrogens (tertiary/aromatic N) is 2. The average molecular weight is 332 g/mol. The zero-order chi connectivity index (χ0) is 17.8. The molecule has 128 valence electrons. The highest BCUT2D eigenvalue weighted by atomic mass is 15.1. The summed E-state index contributed by atoms with van der Waals surface area (Å²) in [6.45, 7) is 6.36. The van der Waals surface area contributed by atoms with E-state index >= 15 is 0 Å². The first-order chi connectivity index (χ1) is 12.0. The summed E-state index contributed by atoms with van der Waals surface area (Å²) in [4.78, 5) is 8.70. The molecule has 25 heavy (non-hydrogen) atoms. The van der Waals surface area contributed by atoms with Gasteiger partial charge in [0.05, 0.1) is 5.69 Å². The van der Waals surface area contributed by atoms with E-state index in [2.05, 4.69) is 72.5 Å². The van der Waals surface area contributed by atoms with Crippen molar-refractivity contribution in [2.75, 3.05) is 11.1 Å². The minimum atomic E-state index is 0.287. The molecule has 3 N–H and O–H groups in total. The molecule has 0 radical (unpaired) electrons. The number of hydrogen-bond donors (Lipinski definition) is 2. The number of hydrogen-bond acceptors (Lipinski definition) is 4. The Hall–Kier alpha value is -2.88. The molecule has 0 saturated carbocycles. The van der Waals surface area contributed by atoms with Crippen molar-refractivity contribution >= 4 is 17.5 Å². The maximum atomic E-state index is 5.91. The zero-order valence-corrected chi connectivity index (χ0v) is 15.0. The number of nitrogens with one attached hydrogen (secondary N) is 1. The fourth-order valence-electron chi connectivity index (χ4n) is 2.81. The second kappa shape index (κ2) is 7.34. The molecule has 0 spiro atoms. The van der Waals surface area contributed by atoms with Crippen LogP contribution in [0.5, 0.6) is 0 Å². The number of nitrogen functional groups attached to an aromatic ring is 1. The molecule has 2 aromatic carbocycles. The van der Waals surface area contributed by atoms with Crippen molar-refractivity contribution in [1.29, 1.82) is 0 Å². The first-order valence-electron chi connectivity index (χ1n) is 8.59. The second-order valence-corrected chi connectivity index (χ2v) is 6.38. The lowest BCUT2D eigenvalue weighted by Gasteiger charge is -2.10. The van der Waals surface area contributed by atoms with Gasteiger partial charge in [0.25, 0.3) is 0 Å². The van der Waals surface area contributed by atoms with Crippen LogP contribution in [0.15, 0.2) is 48.5 Å². The van der Waals surface area contributed by atoms with Crippen LogP contribution < -0.4 is 11.1 Å². The molecular weight excluding hydrogens is 308 g/mol. The Morgan fingerprint density at radius 3 is 2.48 bits per heavy atom. The third kappa shape index (κ3) is 4.35. The molecule has 3 aromatic rings. The molecule has 0 aliphatic heterocycles. The van der Waals surface area contributed by atoms with E-state index in [9.17, 15) is 0 Å². The lowest BCUT2D eigenvalue weighted by molar-refractivity contribution is 1.03. The van der Waals surface area contributed by atoms with E-state index < -0.39 is 0 Å². The molecule has 0 amide bonds. The molecule has 0 fully saturated rings. The Labute approximate surface area is 149 Å². The van der Waals surface area contributed by atoms with E-state index in [4.69, 9.17) is 5.73 Å². The Bertz CT molecular complexity index is 887. The highest BCUT2D eigenvalue weighted by molar-refractivity contribution is 5.59. The van der Waals surface area contributed by atoms with Crippen molar-refractivity contribution in [1.82, 2.24) is 9.97 Å².